The summed E-state index contributed by atoms with van der Waals surface area (Å²) in [5.74, 6) is 2.13. The van der Waals surface area contributed by atoms with Gasteiger partial charge in [0, 0.05) is 50.8 Å². The Morgan fingerprint density at radius 1 is 0.597 bits per heavy atom. The number of hydrogen-bond acceptors (Lipinski definition) is 3. The minimum absolute atomic E-state index is 0.183. The molecule has 0 saturated carbocycles. The molecule has 4 nitrogen and oxygen atoms in total. The second-order valence-corrected chi connectivity index (χ2v) is 19.8. The number of anilines is 2. The van der Waals surface area contributed by atoms with Crippen LogP contribution in [0.4, 0.5) is 11.4 Å². The van der Waals surface area contributed by atoms with E-state index in [2.05, 4.69) is 218 Å². The lowest BCUT2D eigenvalue weighted by Crippen LogP contribution is -2.44. The van der Waals surface area contributed by atoms with Crippen molar-refractivity contribution in [3.05, 3.63) is 233 Å². The van der Waals surface area contributed by atoms with E-state index in [1.54, 1.807) is 0 Å². The summed E-state index contributed by atoms with van der Waals surface area (Å²) in [4.78, 5) is 13.9. The van der Waals surface area contributed by atoms with Crippen LogP contribution in [0.15, 0.2) is 215 Å². The van der Waals surface area contributed by atoms with Crippen LogP contribution in [-0.4, -0.2) is 16.4 Å². The maximum atomic E-state index is 5.69. The Labute approximate surface area is 393 Å². The van der Waals surface area contributed by atoms with Gasteiger partial charge in [0.05, 0.1) is 16.4 Å². The summed E-state index contributed by atoms with van der Waals surface area (Å²) in [6.07, 6.45) is 27.7. The maximum absolute atomic E-state index is 5.69. The average molecular weight is 867 g/mol. The fraction of sp³-hybridized carbons (Fsp3) is 0.206. The number of para-hydroxylation sites is 3. The predicted molar refractivity (Wildman–Crippen MR) is 279 cm³/mol. The third-order valence-corrected chi connectivity index (χ3v) is 15.6. The van der Waals surface area contributed by atoms with Crippen LogP contribution in [0.25, 0.3) is 44.3 Å². The number of allylic oxidation sites excluding steroid dienone is 11. The quantitative estimate of drug-likeness (QED) is 0.164. The van der Waals surface area contributed by atoms with Gasteiger partial charge in [0.25, 0.3) is 0 Å². The maximum Gasteiger partial charge on any atom is 0.134 e. The molecule has 0 radical (unpaired) electrons. The normalized spacial score (nSPS) is 22.5. The first kappa shape index (κ1) is 40.0. The van der Waals surface area contributed by atoms with E-state index < -0.39 is 0 Å². The zero-order chi connectivity index (χ0) is 44.6. The van der Waals surface area contributed by atoms with Crippen LogP contribution >= 0.6 is 0 Å². The van der Waals surface area contributed by atoms with Gasteiger partial charge in [-0.1, -0.05) is 160 Å². The molecule has 3 aliphatic heterocycles. The highest BCUT2D eigenvalue weighted by Gasteiger charge is 2.41. The lowest BCUT2D eigenvalue weighted by atomic mass is 9.71. The SMILES string of the molecule is CC1(C)c2ccccc2N(C2CC(c3cccc(-c4ccccc4)c3)=c3ccccc3=N2)c2cc3c(cc21)c1ccccc1n3C1=CC(C2C=C(C3=CCCC=C3)C=CC2)C2CCC=CC2=N1. The lowest BCUT2D eigenvalue weighted by Gasteiger charge is -2.45. The van der Waals surface area contributed by atoms with Gasteiger partial charge in [0.1, 0.15) is 12.0 Å². The summed E-state index contributed by atoms with van der Waals surface area (Å²) in [5, 5.41) is 4.76. The summed E-state index contributed by atoms with van der Waals surface area (Å²) in [7, 11) is 0. The van der Waals surface area contributed by atoms with Crippen LogP contribution in [0.1, 0.15) is 69.1 Å². The van der Waals surface area contributed by atoms with Crippen LogP contribution < -0.4 is 15.5 Å². The van der Waals surface area contributed by atoms with Crippen molar-refractivity contribution in [3.63, 3.8) is 0 Å². The smallest absolute Gasteiger partial charge is 0.134 e. The van der Waals surface area contributed by atoms with E-state index in [0.717, 1.165) is 49.7 Å². The molecule has 0 bridgehead atoms. The highest BCUT2D eigenvalue weighted by atomic mass is 15.3. The first-order chi connectivity index (χ1) is 33.0. The zero-order valence-electron chi connectivity index (χ0n) is 38.3. The van der Waals surface area contributed by atoms with Crippen LogP contribution in [-0.2, 0) is 5.41 Å². The van der Waals surface area contributed by atoms with E-state index in [-0.39, 0.29) is 11.6 Å². The molecule has 326 valence electrons. The molecule has 0 saturated heterocycles. The van der Waals surface area contributed by atoms with Crippen molar-refractivity contribution in [3.8, 4) is 11.1 Å². The number of rotatable bonds is 6. The Morgan fingerprint density at radius 2 is 1.39 bits per heavy atom. The predicted octanol–water partition coefficient (Wildman–Crippen LogP) is 14.1. The Bertz CT molecular complexity index is 3530. The van der Waals surface area contributed by atoms with Gasteiger partial charge >= 0.3 is 0 Å². The summed E-state index contributed by atoms with van der Waals surface area (Å²) in [5.41, 5.74) is 16.1. The van der Waals surface area contributed by atoms with Crippen LogP contribution in [0.5, 0.6) is 0 Å². The Hall–Kier alpha value is -7.30. The van der Waals surface area contributed by atoms with E-state index in [1.807, 2.05) is 0 Å². The molecule has 67 heavy (non-hydrogen) atoms. The molecule has 4 unspecified atom stereocenters. The molecular weight excluding hydrogens is 813 g/mol. The minimum Gasteiger partial charge on any atom is -0.318 e. The first-order valence-corrected chi connectivity index (χ1v) is 24.5. The molecule has 6 aromatic carbocycles. The topological polar surface area (TPSA) is 32.9 Å². The van der Waals surface area contributed by atoms with Crippen molar-refractivity contribution in [1.82, 2.24) is 4.57 Å². The zero-order valence-corrected chi connectivity index (χ0v) is 38.3. The van der Waals surface area contributed by atoms with E-state index in [1.165, 1.54) is 88.6 Å². The van der Waals surface area contributed by atoms with Gasteiger partial charge < -0.3 is 4.90 Å². The molecule has 4 heterocycles. The number of fused-ring (bicyclic) bond motifs is 7. The number of aliphatic imine (C=N–C) groups is 1. The van der Waals surface area contributed by atoms with Crippen molar-refractivity contribution in [2.24, 2.45) is 27.7 Å². The van der Waals surface area contributed by atoms with Gasteiger partial charge in [0.2, 0.25) is 0 Å². The standard InChI is InChI=1S/C63H54N4/c1-63(2)53-30-12-16-34-58(53)67(62-39-51(48-28-10-14-32-56(48)65-62)46-26-18-24-44(36-46)42-21-7-4-8-22-42)60-40-59-52(37-54(60)63)49-29-11-15-33-57(49)66(59)61-38-50(47-27-9-13-31-55(47)64-61)45-25-17-23-43(35-45)41-19-5-3-6-20-41/h4-5,7-8,10-24,26,28-38,40,45,47,50,62H,3,6,9,25,27,39H2,1-2H3. The molecule has 3 aliphatic carbocycles. The number of nitrogens with zero attached hydrogens (tertiary/aromatic N) is 4. The van der Waals surface area contributed by atoms with E-state index in [0.29, 0.717) is 17.8 Å². The van der Waals surface area contributed by atoms with E-state index in [9.17, 15) is 0 Å². The van der Waals surface area contributed by atoms with Gasteiger partial charge in [-0.2, -0.15) is 0 Å². The monoisotopic (exact) mass is 866 g/mol. The Morgan fingerprint density at radius 3 is 2.30 bits per heavy atom. The molecule has 0 spiro atoms. The van der Waals surface area contributed by atoms with Crippen molar-refractivity contribution < 1.29 is 0 Å². The molecule has 6 aliphatic rings. The fourth-order valence-corrected chi connectivity index (χ4v) is 12.3. The molecule has 0 amide bonds. The van der Waals surface area contributed by atoms with Crippen molar-refractivity contribution in [2.45, 2.75) is 64.0 Å². The Balaban J connectivity index is 0.997. The van der Waals surface area contributed by atoms with Gasteiger partial charge in [0.15, 0.2) is 0 Å². The molecule has 1 aromatic heterocycles. The van der Waals surface area contributed by atoms with Gasteiger partial charge in [-0.3, -0.25) is 9.56 Å². The lowest BCUT2D eigenvalue weighted by molar-refractivity contribution is 0.368. The van der Waals surface area contributed by atoms with Gasteiger partial charge in [-0.15, -0.1) is 0 Å². The third kappa shape index (κ3) is 6.63. The molecule has 0 fully saturated rings. The largest absolute Gasteiger partial charge is 0.318 e. The first-order valence-electron chi connectivity index (χ1n) is 24.5. The number of benzene rings is 6. The van der Waals surface area contributed by atoms with Crippen molar-refractivity contribution >= 4 is 50.3 Å². The van der Waals surface area contributed by atoms with Crippen LogP contribution in [0.3, 0.4) is 0 Å². The fourth-order valence-electron chi connectivity index (χ4n) is 12.3. The average Bonchev–Trinajstić information content (AvgIpc) is 3.71. The highest BCUT2D eigenvalue weighted by Crippen LogP contribution is 2.53. The second-order valence-electron chi connectivity index (χ2n) is 19.8. The summed E-state index contributed by atoms with van der Waals surface area (Å²) in [6.45, 7) is 4.81. The van der Waals surface area contributed by atoms with Gasteiger partial charge in [-0.05, 0) is 137 Å². The van der Waals surface area contributed by atoms with Crippen LogP contribution in [0, 0.1) is 17.8 Å². The van der Waals surface area contributed by atoms with Crippen LogP contribution in [0.2, 0.25) is 0 Å². The Kier molecular flexibility index (Phi) is 9.52. The molecule has 4 heteroatoms. The third-order valence-electron chi connectivity index (χ3n) is 15.6. The summed E-state index contributed by atoms with van der Waals surface area (Å²) < 4.78 is 2.49. The van der Waals surface area contributed by atoms with E-state index >= 15 is 0 Å². The number of hydrogen-bond donors (Lipinski definition) is 0. The summed E-state index contributed by atoms with van der Waals surface area (Å²) >= 11 is 0. The summed E-state index contributed by atoms with van der Waals surface area (Å²) in [6, 6.07) is 51.6. The highest BCUT2D eigenvalue weighted by molar-refractivity contribution is 6.13. The molecule has 13 rings (SSSR count). The second kappa shape index (κ2) is 15.9. The minimum atomic E-state index is -0.264. The molecule has 7 aromatic rings. The molecule has 0 N–H and O–H groups in total. The van der Waals surface area contributed by atoms with Gasteiger partial charge in [-0.25, -0.2) is 4.99 Å². The van der Waals surface area contributed by atoms with Crippen molar-refractivity contribution in [2.75, 3.05) is 4.90 Å². The van der Waals surface area contributed by atoms with Crippen molar-refractivity contribution in [1.29, 1.82) is 0 Å². The van der Waals surface area contributed by atoms with E-state index in [4.69, 9.17) is 9.98 Å². The molecular formula is C63H54N4. The number of aromatic nitrogens is 1. The molecule has 4 atom stereocenters.